The predicted octanol–water partition coefficient (Wildman–Crippen LogP) is 7.73. The largest absolute Gasteiger partial charge is 0.414 e. The van der Waals surface area contributed by atoms with Crippen molar-refractivity contribution in [1.82, 2.24) is 0 Å². The van der Waals surface area contributed by atoms with Crippen molar-refractivity contribution in [3.05, 3.63) is 21.8 Å². The topological polar surface area (TPSA) is 9.23 Å². The van der Waals surface area contributed by atoms with E-state index in [9.17, 15) is 0 Å². The summed E-state index contributed by atoms with van der Waals surface area (Å²) in [6.45, 7) is 21.3. The Balaban J connectivity index is 1.93. The van der Waals surface area contributed by atoms with Gasteiger partial charge in [-0.25, -0.2) is 0 Å². The fourth-order valence-corrected chi connectivity index (χ4v) is 8.23. The van der Waals surface area contributed by atoms with E-state index in [1.54, 1.807) is 5.57 Å². The Morgan fingerprint density at radius 1 is 1.23 bits per heavy atom. The molecule has 0 amide bonds. The zero-order valence-corrected chi connectivity index (χ0v) is 21.2. The molecule has 148 valence electrons. The molecule has 2 fully saturated rings. The Bertz CT molecular complexity index is 616. The van der Waals surface area contributed by atoms with Gasteiger partial charge in [-0.3, -0.25) is 0 Å². The zero-order valence-electron chi connectivity index (χ0n) is 18.0. The summed E-state index contributed by atoms with van der Waals surface area (Å²) in [7, 11) is -1.59. The average molecular weight is 487 g/mol. The molecule has 5 atom stereocenters. The van der Waals surface area contributed by atoms with E-state index >= 15 is 0 Å². The number of allylic oxidation sites excluding steroid dienone is 2. The second kappa shape index (κ2) is 6.72. The molecule has 0 saturated heterocycles. The van der Waals surface area contributed by atoms with Gasteiger partial charge < -0.3 is 4.43 Å². The molecular weight excluding hydrogens is 447 g/mol. The summed E-state index contributed by atoms with van der Waals surface area (Å²) in [6, 6.07) is 0. The lowest BCUT2D eigenvalue weighted by atomic mass is 9.68. The lowest BCUT2D eigenvalue weighted by molar-refractivity contribution is 0.0753. The van der Waals surface area contributed by atoms with Crippen LogP contribution in [-0.4, -0.2) is 14.4 Å². The molecule has 0 unspecified atom stereocenters. The van der Waals surface area contributed by atoms with Crippen molar-refractivity contribution in [2.45, 2.75) is 92.0 Å². The molecule has 0 aromatic heterocycles. The molecule has 2 saturated carbocycles. The van der Waals surface area contributed by atoms with E-state index < -0.39 is 8.32 Å². The maximum Gasteiger partial charge on any atom is 0.184 e. The van der Waals surface area contributed by atoms with Gasteiger partial charge >= 0.3 is 0 Å². The van der Waals surface area contributed by atoms with E-state index in [1.807, 2.05) is 0 Å². The molecule has 0 bridgehead atoms. The fourth-order valence-electron chi connectivity index (χ4n) is 6.68. The van der Waals surface area contributed by atoms with Crippen LogP contribution in [0.5, 0.6) is 0 Å². The molecular formula is C23H39IOSi. The van der Waals surface area contributed by atoms with Gasteiger partial charge in [0.15, 0.2) is 8.32 Å². The Morgan fingerprint density at radius 3 is 2.46 bits per heavy atom. The molecule has 3 aliphatic carbocycles. The van der Waals surface area contributed by atoms with E-state index in [1.165, 1.54) is 29.3 Å². The van der Waals surface area contributed by atoms with Gasteiger partial charge in [0.2, 0.25) is 0 Å². The Labute approximate surface area is 176 Å². The number of hydrogen-bond acceptors (Lipinski definition) is 1. The van der Waals surface area contributed by atoms with Crippen LogP contribution in [0.25, 0.3) is 0 Å². The zero-order chi connectivity index (χ0) is 19.5. The van der Waals surface area contributed by atoms with Crippen molar-refractivity contribution >= 4 is 30.9 Å². The number of hydrogen-bond donors (Lipinski definition) is 0. The van der Waals surface area contributed by atoms with Gasteiger partial charge in [-0.15, -0.1) is 0 Å². The molecule has 0 aliphatic heterocycles. The summed E-state index contributed by atoms with van der Waals surface area (Å²) in [4.78, 5) is 0. The normalized spacial score (nSPS) is 39.5. The van der Waals surface area contributed by atoms with Crippen molar-refractivity contribution in [3.8, 4) is 0 Å². The van der Waals surface area contributed by atoms with Gasteiger partial charge in [-0.2, -0.15) is 0 Å². The van der Waals surface area contributed by atoms with E-state index in [-0.39, 0.29) is 5.41 Å². The molecule has 0 N–H and O–H groups in total. The molecule has 3 aliphatic rings. The third kappa shape index (κ3) is 3.66. The van der Waals surface area contributed by atoms with Crippen LogP contribution >= 0.6 is 22.6 Å². The Morgan fingerprint density at radius 2 is 1.88 bits per heavy atom. The third-order valence-corrected chi connectivity index (χ3v) is 9.20. The molecule has 3 heteroatoms. The summed E-state index contributed by atoms with van der Waals surface area (Å²) >= 11 is 2.39. The first-order valence-electron chi connectivity index (χ1n) is 10.5. The Hall–Kier alpha value is 0.387. The van der Waals surface area contributed by atoms with Gasteiger partial charge in [0.25, 0.3) is 0 Å². The van der Waals surface area contributed by atoms with Crippen LogP contribution < -0.4 is 0 Å². The highest BCUT2D eigenvalue weighted by molar-refractivity contribution is 14.1. The van der Waals surface area contributed by atoms with Gasteiger partial charge in [0.1, 0.15) is 0 Å². The maximum absolute atomic E-state index is 6.84. The van der Waals surface area contributed by atoms with E-state index in [2.05, 4.69) is 82.6 Å². The van der Waals surface area contributed by atoms with Crippen molar-refractivity contribution in [2.24, 2.45) is 28.1 Å². The summed E-state index contributed by atoms with van der Waals surface area (Å²) in [5.41, 5.74) is 2.89. The van der Waals surface area contributed by atoms with Crippen molar-refractivity contribution in [3.63, 3.8) is 0 Å². The highest BCUT2D eigenvalue weighted by atomic mass is 127. The monoisotopic (exact) mass is 486 g/mol. The summed E-state index contributed by atoms with van der Waals surface area (Å²) in [5.74, 6) is 1.62. The van der Waals surface area contributed by atoms with Crippen LogP contribution in [0.15, 0.2) is 21.8 Å². The third-order valence-electron chi connectivity index (χ3n) is 7.67. The van der Waals surface area contributed by atoms with Crippen LogP contribution in [0, 0.1) is 28.1 Å². The van der Waals surface area contributed by atoms with Crippen molar-refractivity contribution in [1.29, 1.82) is 0 Å². The fraction of sp³-hybridized carbons (Fsp3) is 0.826. The standard InChI is InChI=1S/C23H39IOSi/c1-16(24)9-10-19(25-26(6,7)8)23(5)12-11-17-18(23)15-22(4)14-13-21(2,3)20(17)22/h15,17,19-20H,1,9-14H2,2-8H3/t17-,19-,20-,22-,23-/m1/s1. The first kappa shape index (κ1) is 21.1. The lowest BCUT2D eigenvalue weighted by Gasteiger charge is -2.40. The molecule has 0 radical (unpaired) electrons. The minimum absolute atomic E-state index is 0.223. The first-order chi connectivity index (χ1) is 11.8. The maximum atomic E-state index is 6.84. The first-order valence-corrected chi connectivity index (χ1v) is 15.0. The SMILES string of the molecule is C=C(I)CC[C@@H](O[Si](C)(C)C)[C@]1(C)CC[C@@H]2C1=C[C@@]1(C)CCC(C)(C)[C@@H]21. The lowest BCUT2D eigenvalue weighted by Crippen LogP contribution is -2.42. The van der Waals surface area contributed by atoms with Gasteiger partial charge in [-0.1, -0.05) is 45.9 Å². The van der Waals surface area contributed by atoms with Gasteiger partial charge in [-0.05, 0) is 107 Å². The molecule has 0 spiro atoms. The molecule has 0 heterocycles. The Kier molecular flexibility index (Phi) is 5.46. The second-order valence-corrected chi connectivity index (χ2v) is 17.4. The van der Waals surface area contributed by atoms with Crippen LogP contribution in [0.2, 0.25) is 19.6 Å². The number of fused-ring (bicyclic) bond motifs is 3. The second-order valence-electron chi connectivity index (χ2n) is 11.4. The van der Waals surface area contributed by atoms with E-state index in [4.69, 9.17) is 4.43 Å². The van der Waals surface area contributed by atoms with E-state index in [0.29, 0.717) is 16.9 Å². The van der Waals surface area contributed by atoms with Crippen LogP contribution in [0.3, 0.4) is 0 Å². The van der Waals surface area contributed by atoms with Gasteiger partial charge in [0, 0.05) is 5.41 Å². The minimum atomic E-state index is -1.59. The molecule has 26 heavy (non-hydrogen) atoms. The summed E-state index contributed by atoms with van der Waals surface area (Å²) < 4.78 is 8.10. The summed E-state index contributed by atoms with van der Waals surface area (Å²) in [6.07, 6.45) is 10.7. The highest BCUT2D eigenvalue weighted by Gasteiger charge is 2.61. The van der Waals surface area contributed by atoms with Crippen LogP contribution in [-0.2, 0) is 4.43 Å². The van der Waals surface area contributed by atoms with E-state index in [0.717, 1.165) is 24.7 Å². The molecule has 0 aromatic carbocycles. The number of halogens is 1. The highest BCUT2D eigenvalue weighted by Crippen LogP contribution is 2.69. The number of rotatable bonds is 6. The summed E-state index contributed by atoms with van der Waals surface area (Å²) in [5, 5.41) is 0. The smallest absolute Gasteiger partial charge is 0.184 e. The average Bonchev–Trinajstić information content (AvgIpc) is 3.03. The molecule has 3 rings (SSSR count). The van der Waals surface area contributed by atoms with Crippen molar-refractivity contribution in [2.75, 3.05) is 0 Å². The van der Waals surface area contributed by atoms with Crippen LogP contribution in [0.4, 0.5) is 0 Å². The quantitative estimate of drug-likeness (QED) is 0.212. The van der Waals surface area contributed by atoms with Crippen molar-refractivity contribution < 1.29 is 4.43 Å². The predicted molar refractivity (Wildman–Crippen MR) is 124 cm³/mol. The van der Waals surface area contributed by atoms with Gasteiger partial charge in [0.05, 0.1) is 6.10 Å². The van der Waals surface area contributed by atoms with Crippen LogP contribution in [0.1, 0.15) is 66.2 Å². The minimum Gasteiger partial charge on any atom is -0.414 e. The molecule has 1 nitrogen and oxygen atoms in total. The molecule has 0 aromatic rings.